The normalized spacial score (nSPS) is 9.75. The molecule has 16 heavy (non-hydrogen) atoms. The molecule has 2 aromatic rings. The van der Waals surface area contributed by atoms with E-state index in [1.165, 1.54) is 0 Å². The topological polar surface area (TPSA) is 46.2 Å². The summed E-state index contributed by atoms with van der Waals surface area (Å²) in [5.41, 5.74) is 1.50. The molecule has 0 saturated heterocycles. The number of benzene rings is 1. The lowest BCUT2D eigenvalue weighted by molar-refractivity contribution is 0.268. The van der Waals surface area contributed by atoms with Crippen LogP contribution < -0.4 is 4.74 Å². The monoisotopic (exact) mass is 213 g/mol. The van der Waals surface area contributed by atoms with Crippen molar-refractivity contribution in [3.63, 3.8) is 0 Å². The molecular weight excluding hydrogens is 202 g/mol. The summed E-state index contributed by atoms with van der Waals surface area (Å²) in [4.78, 5) is 0. The average Bonchev–Trinajstić information content (AvgIpc) is 2.80. The molecule has 0 fully saturated rings. The second-order valence-corrected chi connectivity index (χ2v) is 3.43. The highest BCUT2D eigenvalue weighted by molar-refractivity contribution is 5.47. The Labute approximate surface area is 93.9 Å². The largest absolute Gasteiger partial charge is 0.484 e. The molecule has 0 saturated carbocycles. The molecule has 1 heterocycles. The van der Waals surface area contributed by atoms with Crippen LogP contribution in [0.4, 0.5) is 0 Å². The molecule has 0 aliphatic heterocycles. The van der Waals surface area contributed by atoms with Crippen molar-refractivity contribution in [2.45, 2.75) is 13.5 Å². The third-order valence-corrected chi connectivity index (χ3v) is 2.27. The zero-order valence-corrected chi connectivity index (χ0v) is 8.93. The molecule has 0 radical (unpaired) electrons. The van der Waals surface area contributed by atoms with Crippen LogP contribution in [0.1, 0.15) is 16.9 Å². The number of hydrogen-bond donors (Lipinski definition) is 0. The number of para-hydroxylation sites is 1. The number of aryl methyl sites for hydroxylation is 1. The first kappa shape index (κ1) is 10.3. The maximum Gasteiger partial charge on any atom is 0.146 e. The van der Waals surface area contributed by atoms with Crippen molar-refractivity contribution in [2.24, 2.45) is 0 Å². The fraction of sp³-hybridized carbons (Fsp3) is 0.154. The summed E-state index contributed by atoms with van der Waals surface area (Å²) < 4.78 is 10.7. The van der Waals surface area contributed by atoms with Crippen LogP contribution >= 0.6 is 0 Å². The average molecular weight is 213 g/mol. The van der Waals surface area contributed by atoms with Gasteiger partial charge in [0.25, 0.3) is 0 Å². The summed E-state index contributed by atoms with van der Waals surface area (Å²) in [7, 11) is 0. The maximum atomic E-state index is 8.95. The first-order chi connectivity index (χ1) is 7.81. The predicted octanol–water partition coefficient (Wildman–Crippen LogP) is 3.04. The summed E-state index contributed by atoms with van der Waals surface area (Å²) >= 11 is 0. The number of furan rings is 1. The zero-order valence-electron chi connectivity index (χ0n) is 8.93. The molecule has 0 bridgehead atoms. The third kappa shape index (κ3) is 2.06. The van der Waals surface area contributed by atoms with E-state index in [2.05, 4.69) is 6.07 Å². The van der Waals surface area contributed by atoms with Crippen molar-refractivity contribution >= 4 is 0 Å². The summed E-state index contributed by atoms with van der Waals surface area (Å²) in [5.74, 6) is 1.37. The Morgan fingerprint density at radius 1 is 1.31 bits per heavy atom. The van der Waals surface area contributed by atoms with E-state index >= 15 is 0 Å². The van der Waals surface area contributed by atoms with Crippen LogP contribution in [-0.4, -0.2) is 0 Å². The van der Waals surface area contributed by atoms with Gasteiger partial charge in [0.15, 0.2) is 0 Å². The second kappa shape index (κ2) is 4.54. The number of nitriles is 1. The second-order valence-electron chi connectivity index (χ2n) is 3.43. The van der Waals surface area contributed by atoms with Gasteiger partial charge >= 0.3 is 0 Å². The van der Waals surface area contributed by atoms with Crippen LogP contribution in [0, 0.1) is 18.3 Å². The van der Waals surface area contributed by atoms with Crippen molar-refractivity contribution in [3.05, 3.63) is 53.5 Å². The molecule has 2 rings (SSSR count). The smallest absolute Gasteiger partial charge is 0.146 e. The Morgan fingerprint density at radius 2 is 2.19 bits per heavy atom. The molecule has 0 unspecified atom stereocenters. The molecule has 1 aromatic carbocycles. The van der Waals surface area contributed by atoms with Crippen LogP contribution in [0.25, 0.3) is 0 Å². The van der Waals surface area contributed by atoms with Gasteiger partial charge in [0.05, 0.1) is 11.8 Å². The number of hydrogen-bond acceptors (Lipinski definition) is 3. The molecule has 0 aliphatic rings. The highest BCUT2D eigenvalue weighted by Crippen LogP contribution is 2.23. The number of rotatable bonds is 3. The summed E-state index contributed by atoms with van der Waals surface area (Å²) in [6.45, 7) is 2.25. The van der Waals surface area contributed by atoms with Crippen molar-refractivity contribution in [1.29, 1.82) is 5.26 Å². The van der Waals surface area contributed by atoms with Crippen molar-refractivity contribution in [3.8, 4) is 11.8 Å². The quantitative estimate of drug-likeness (QED) is 0.787. The number of nitrogens with zero attached hydrogens (tertiary/aromatic N) is 1. The summed E-state index contributed by atoms with van der Waals surface area (Å²) in [6.07, 6.45) is 1.60. The Hall–Kier alpha value is -2.21. The van der Waals surface area contributed by atoms with Crippen molar-refractivity contribution < 1.29 is 9.15 Å². The van der Waals surface area contributed by atoms with E-state index in [4.69, 9.17) is 14.4 Å². The van der Waals surface area contributed by atoms with Gasteiger partial charge in [0, 0.05) is 0 Å². The fourth-order valence-electron chi connectivity index (χ4n) is 1.47. The molecule has 80 valence electrons. The SMILES string of the molecule is Cc1cccc(C#N)c1OCc1ccco1. The van der Waals surface area contributed by atoms with E-state index in [0.29, 0.717) is 17.9 Å². The van der Waals surface area contributed by atoms with Crippen molar-refractivity contribution in [2.75, 3.05) is 0 Å². The van der Waals surface area contributed by atoms with Crippen molar-refractivity contribution in [1.82, 2.24) is 0 Å². The predicted molar refractivity (Wildman–Crippen MR) is 58.9 cm³/mol. The summed E-state index contributed by atoms with van der Waals surface area (Å²) in [6, 6.07) is 11.3. The van der Waals surface area contributed by atoms with Gasteiger partial charge in [-0.05, 0) is 30.7 Å². The van der Waals surface area contributed by atoms with Gasteiger partial charge < -0.3 is 9.15 Å². The Balaban J connectivity index is 2.18. The van der Waals surface area contributed by atoms with Crippen LogP contribution in [0.5, 0.6) is 5.75 Å². The lowest BCUT2D eigenvalue weighted by Gasteiger charge is -2.08. The van der Waals surface area contributed by atoms with Crippen LogP contribution in [0.15, 0.2) is 41.0 Å². The highest BCUT2D eigenvalue weighted by Gasteiger charge is 2.07. The lowest BCUT2D eigenvalue weighted by Crippen LogP contribution is -1.97. The van der Waals surface area contributed by atoms with E-state index in [1.54, 1.807) is 12.3 Å². The molecule has 1 aromatic heterocycles. The van der Waals surface area contributed by atoms with Gasteiger partial charge in [0.2, 0.25) is 0 Å². The number of ether oxygens (including phenoxy) is 1. The van der Waals surface area contributed by atoms with Gasteiger partial charge in [0.1, 0.15) is 24.2 Å². The Morgan fingerprint density at radius 3 is 2.88 bits per heavy atom. The molecular formula is C13H11NO2. The van der Waals surface area contributed by atoms with Gasteiger partial charge in [-0.15, -0.1) is 0 Å². The van der Waals surface area contributed by atoms with Gasteiger partial charge in [-0.25, -0.2) is 0 Å². The Kier molecular flexibility index (Phi) is 2.93. The molecule has 0 N–H and O–H groups in total. The first-order valence-corrected chi connectivity index (χ1v) is 4.96. The molecule has 3 heteroatoms. The standard InChI is InChI=1S/C13H11NO2/c1-10-4-2-5-11(8-14)13(10)16-9-12-6-3-7-15-12/h2-7H,9H2,1H3. The summed E-state index contributed by atoms with van der Waals surface area (Å²) in [5, 5.41) is 8.95. The minimum atomic E-state index is 0.340. The van der Waals surface area contributed by atoms with Gasteiger partial charge in [-0.3, -0.25) is 0 Å². The molecule has 0 spiro atoms. The Bertz CT molecular complexity index is 509. The molecule has 0 aliphatic carbocycles. The zero-order chi connectivity index (χ0) is 11.4. The lowest BCUT2D eigenvalue weighted by atomic mass is 10.1. The van der Waals surface area contributed by atoms with Gasteiger partial charge in [-0.2, -0.15) is 5.26 Å². The fourth-order valence-corrected chi connectivity index (χ4v) is 1.47. The van der Waals surface area contributed by atoms with E-state index < -0.39 is 0 Å². The van der Waals surface area contributed by atoms with Gasteiger partial charge in [-0.1, -0.05) is 12.1 Å². The molecule has 0 amide bonds. The third-order valence-electron chi connectivity index (χ3n) is 2.27. The van der Waals surface area contributed by atoms with Crippen LogP contribution in [-0.2, 0) is 6.61 Å². The molecule has 0 atom stereocenters. The van der Waals surface area contributed by atoms with Crippen LogP contribution in [0.3, 0.4) is 0 Å². The molecule has 3 nitrogen and oxygen atoms in total. The minimum absolute atomic E-state index is 0.340. The van der Waals surface area contributed by atoms with E-state index in [9.17, 15) is 0 Å². The maximum absolute atomic E-state index is 8.95. The first-order valence-electron chi connectivity index (χ1n) is 4.96. The van der Waals surface area contributed by atoms with E-state index in [0.717, 1.165) is 11.3 Å². The van der Waals surface area contributed by atoms with Crippen LogP contribution in [0.2, 0.25) is 0 Å². The highest BCUT2D eigenvalue weighted by atomic mass is 16.5. The van der Waals surface area contributed by atoms with E-state index in [-0.39, 0.29) is 0 Å². The minimum Gasteiger partial charge on any atom is -0.484 e. The van der Waals surface area contributed by atoms with E-state index in [1.807, 2.05) is 31.2 Å².